The van der Waals surface area contributed by atoms with E-state index >= 15 is 0 Å². The molecule has 3 rings (SSSR count). The van der Waals surface area contributed by atoms with Crippen molar-refractivity contribution in [2.24, 2.45) is 17.6 Å². The van der Waals surface area contributed by atoms with Gasteiger partial charge in [0.2, 0.25) is 5.91 Å². The largest absolute Gasteiger partial charge is 0.353 e. The molecule has 0 spiro atoms. The molecule has 0 aliphatic heterocycles. The van der Waals surface area contributed by atoms with E-state index in [2.05, 4.69) is 28.7 Å². The van der Waals surface area contributed by atoms with E-state index in [9.17, 15) is 4.79 Å². The van der Waals surface area contributed by atoms with E-state index in [1.165, 1.54) is 19.3 Å². The molecule has 0 saturated heterocycles. The topological polar surface area (TPSA) is 72.9 Å². The number of carbonyl (C=O) groups is 1. The van der Waals surface area contributed by atoms with E-state index in [1.54, 1.807) is 0 Å². The third kappa shape index (κ3) is 3.77. The van der Waals surface area contributed by atoms with Gasteiger partial charge >= 0.3 is 0 Å². The average Bonchev–Trinajstić information content (AvgIpc) is 2.95. The van der Waals surface area contributed by atoms with Crippen molar-refractivity contribution in [3.05, 3.63) is 18.2 Å². The smallest absolute Gasteiger partial charge is 0.222 e. The lowest BCUT2D eigenvalue weighted by Gasteiger charge is -2.45. The van der Waals surface area contributed by atoms with E-state index in [0.717, 1.165) is 18.7 Å². The Hall–Kier alpha value is -1.36. The van der Waals surface area contributed by atoms with Gasteiger partial charge in [0.15, 0.2) is 0 Å². The number of hydrogen-bond acceptors (Lipinski definition) is 3. The summed E-state index contributed by atoms with van der Waals surface area (Å²) in [5.74, 6) is 2.78. The Morgan fingerprint density at radius 1 is 1.39 bits per heavy atom. The lowest BCUT2D eigenvalue weighted by Crippen LogP contribution is -2.53. The predicted molar refractivity (Wildman–Crippen MR) is 90.9 cm³/mol. The van der Waals surface area contributed by atoms with Crippen molar-refractivity contribution in [1.82, 2.24) is 14.9 Å². The molecule has 5 nitrogen and oxygen atoms in total. The minimum Gasteiger partial charge on any atom is -0.353 e. The first kappa shape index (κ1) is 16.5. The van der Waals surface area contributed by atoms with Crippen LogP contribution in [0.15, 0.2) is 12.4 Å². The highest BCUT2D eigenvalue weighted by Crippen LogP contribution is 2.39. The zero-order chi connectivity index (χ0) is 16.4. The second-order valence-electron chi connectivity index (χ2n) is 7.66. The summed E-state index contributed by atoms with van der Waals surface area (Å²) in [7, 11) is 0. The minimum atomic E-state index is 0.172. The maximum absolute atomic E-state index is 12.4. The number of nitrogens with zero attached hydrogens (tertiary/aromatic N) is 2. The van der Waals surface area contributed by atoms with Crippen molar-refractivity contribution in [2.45, 2.75) is 76.9 Å². The van der Waals surface area contributed by atoms with Gasteiger partial charge in [-0.2, -0.15) is 0 Å². The molecule has 2 saturated carbocycles. The molecule has 2 atom stereocenters. The third-order valence-electron chi connectivity index (χ3n) is 5.55. The van der Waals surface area contributed by atoms with Gasteiger partial charge in [0.05, 0.1) is 0 Å². The van der Waals surface area contributed by atoms with Crippen LogP contribution in [0.25, 0.3) is 0 Å². The molecule has 1 amide bonds. The summed E-state index contributed by atoms with van der Waals surface area (Å²) in [6, 6.07) is 0.682. The molecule has 3 N–H and O–H groups in total. The van der Waals surface area contributed by atoms with E-state index in [-0.39, 0.29) is 5.91 Å². The summed E-state index contributed by atoms with van der Waals surface area (Å²) in [4.78, 5) is 16.8. The van der Waals surface area contributed by atoms with E-state index in [0.29, 0.717) is 42.8 Å². The summed E-state index contributed by atoms with van der Waals surface area (Å²) >= 11 is 0. The van der Waals surface area contributed by atoms with Gasteiger partial charge < -0.3 is 15.6 Å². The third-order valence-corrected chi connectivity index (χ3v) is 5.55. The van der Waals surface area contributed by atoms with Crippen molar-refractivity contribution in [2.75, 3.05) is 0 Å². The summed E-state index contributed by atoms with van der Waals surface area (Å²) in [6.45, 7) is 4.97. The SMILES string of the molecule is CC(C)c1nccn1CCC(=O)NC1C2CCCC1CC(N)C2. The Morgan fingerprint density at radius 3 is 2.74 bits per heavy atom. The normalized spacial score (nSPS) is 30.4. The summed E-state index contributed by atoms with van der Waals surface area (Å²) < 4.78 is 2.10. The van der Waals surface area contributed by atoms with Crippen LogP contribution in [0, 0.1) is 11.8 Å². The molecular weight excluding hydrogens is 288 g/mol. The van der Waals surface area contributed by atoms with Gasteiger partial charge in [-0.3, -0.25) is 4.79 Å². The van der Waals surface area contributed by atoms with Crippen molar-refractivity contribution < 1.29 is 4.79 Å². The fourth-order valence-corrected chi connectivity index (χ4v) is 4.52. The van der Waals surface area contributed by atoms with E-state index < -0.39 is 0 Å². The Bertz CT molecular complexity index is 525. The average molecular weight is 318 g/mol. The zero-order valence-electron chi connectivity index (χ0n) is 14.4. The molecule has 23 heavy (non-hydrogen) atoms. The molecule has 2 fully saturated rings. The highest BCUT2D eigenvalue weighted by Gasteiger charge is 2.39. The Balaban J connectivity index is 1.54. The zero-order valence-corrected chi connectivity index (χ0v) is 14.4. The number of hydrogen-bond donors (Lipinski definition) is 2. The van der Waals surface area contributed by atoms with E-state index in [4.69, 9.17) is 5.73 Å². The number of aromatic nitrogens is 2. The Labute approximate surface area is 139 Å². The lowest BCUT2D eigenvalue weighted by atomic mass is 9.67. The highest BCUT2D eigenvalue weighted by atomic mass is 16.1. The molecule has 128 valence electrons. The molecule has 1 aromatic heterocycles. The molecule has 0 aromatic carbocycles. The van der Waals surface area contributed by atoms with Crippen LogP contribution in [0.5, 0.6) is 0 Å². The maximum Gasteiger partial charge on any atom is 0.222 e. The maximum atomic E-state index is 12.4. The summed E-state index contributed by atoms with van der Waals surface area (Å²) in [5, 5.41) is 3.32. The van der Waals surface area contributed by atoms with Gasteiger partial charge in [0.1, 0.15) is 5.82 Å². The standard InChI is InChI=1S/C18H30N4O/c1-12(2)18-20-7-9-22(18)8-6-16(23)21-17-13-4-3-5-14(17)11-15(19)10-13/h7,9,12-15,17H,3-6,8,10-11,19H2,1-2H3,(H,21,23). The molecule has 1 heterocycles. The van der Waals surface area contributed by atoms with Crippen LogP contribution >= 0.6 is 0 Å². The number of fused-ring (bicyclic) bond motifs is 2. The first-order valence-corrected chi connectivity index (χ1v) is 9.10. The Kier molecular flexibility index (Phi) is 5.05. The lowest BCUT2D eigenvalue weighted by molar-refractivity contribution is -0.123. The van der Waals surface area contributed by atoms with Gasteiger partial charge in [0, 0.05) is 43.4 Å². The molecule has 2 bridgehead atoms. The van der Waals surface area contributed by atoms with Gasteiger partial charge in [-0.05, 0) is 37.5 Å². The number of nitrogens with two attached hydrogens (primary N) is 1. The number of carbonyl (C=O) groups excluding carboxylic acids is 1. The highest BCUT2D eigenvalue weighted by molar-refractivity contribution is 5.76. The van der Waals surface area contributed by atoms with Gasteiger partial charge in [0.25, 0.3) is 0 Å². The molecule has 0 radical (unpaired) electrons. The fraction of sp³-hybridized carbons (Fsp3) is 0.778. The number of imidazole rings is 1. The monoisotopic (exact) mass is 318 g/mol. The molecule has 2 aliphatic carbocycles. The first-order valence-electron chi connectivity index (χ1n) is 9.10. The molecule has 2 unspecified atom stereocenters. The molecule has 5 heteroatoms. The van der Waals surface area contributed by atoms with Gasteiger partial charge in [-0.25, -0.2) is 4.98 Å². The number of amides is 1. The predicted octanol–water partition coefficient (Wildman–Crippen LogP) is 2.42. The fourth-order valence-electron chi connectivity index (χ4n) is 4.52. The van der Waals surface area contributed by atoms with Crippen LogP contribution in [-0.4, -0.2) is 27.5 Å². The van der Waals surface area contributed by atoms with Crippen molar-refractivity contribution in [3.8, 4) is 0 Å². The second kappa shape index (κ2) is 7.04. The van der Waals surface area contributed by atoms with Crippen LogP contribution in [0.3, 0.4) is 0 Å². The molecule has 2 aliphatic rings. The van der Waals surface area contributed by atoms with Gasteiger partial charge in [-0.1, -0.05) is 20.3 Å². The van der Waals surface area contributed by atoms with Gasteiger partial charge in [-0.15, -0.1) is 0 Å². The van der Waals surface area contributed by atoms with Crippen LogP contribution in [0.4, 0.5) is 0 Å². The van der Waals surface area contributed by atoms with Crippen LogP contribution in [-0.2, 0) is 11.3 Å². The quantitative estimate of drug-likeness (QED) is 0.875. The molecule has 1 aromatic rings. The Morgan fingerprint density at radius 2 is 2.09 bits per heavy atom. The number of aryl methyl sites for hydroxylation is 1. The minimum absolute atomic E-state index is 0.172. The number of rotatable bonds is 5. The van der Waals surface area contributed by atoms with Crippen LogP contribution in [0.1, 0.15) is 64.1 Å². The second-order valence-corrected chi connectivity index (χ2v) is 7.66. The van der Waals surface area contributed by atoms with Crippen molar-refractivity contribution in [3.63, 3.8) is 0 Å². The van der Waals surface area contributed by atoms with Crippen LogP contribution in [0.2, 0.25) is 0 Å². The van der Waals surface area contributed by atoms with Crippen molar-refractivity contribution >= 4 is 5.91 Å². The first-order chi connectivity index (χ1) is 11.0. The summed E-state index contributed by atoms with van der Waals surface area (Å²) in [6.07, 6.45) is 10.2. The summed E-state index contributed by atoms with van der Waals surface area (Å²) in [5.41, 5.74) is 6.16. The van der Waals surface area contributed by atoms with Crippen molar-refractivity contribution in [1.29, 1.82) is 0 Å². The van der Waals surface area contributed by atoms with E-state index in [1.807, 2.05) is 12.4 Å². The number of nitrogens with one attached hydrogen (secondary N) is 1. The molecular formula is C18H30N4O. The van der Waals surface area contributed by atoms with Crippen LogP contribution < -0.4 is 11.1 Å².